The van der Waals surface area contributed by atoms with Crippen LogP contribution in [-0.4, -0.2) is 0 Å². The van der Waals surface area contributed by atoms with Gasteiger partial charge < -0.3 is 0 Å². The molecule has 1 unspecified atom stereocenters. The molecule has 0 aliphatic rings. The second-order valence-corrected chi connectivity index (χ2v) is 4.49. The number of halogens is 2. The van der Waals surface area contributed by atoms with Crippen molar-refractivity contribution in [1.82, 2.24) is 0 Å². The van der Waals surface area contributed by atoms with E-state index in [1.807, 2.05) is 12.1 Å². The van der Waals surface area contributed by atoms with Crippen molar-refractivity contribution in [2.75, 3.05) is 0 Å². The minimum Gasteiger partial charge on any atom is -0.207 e. The van der Waals surface area contributed by atoms with Gasteiger partial charge in [-0.3, -0.25) is 0 Å². The molecule has 2 aromatic rings. The van der Waals surface area contributed by atoms with Crippen molar-refractivity contribution in [2.24, 2.45) is 0 Å². The van der Waals surface area contributed by atoms with Crippen LogP contribution in [0.4, 0.5) is 8.78 Å². The Balaban J connectivity index is 2.19. The molecule has 1 atom stereocenters. The Hall–Kier alpha value is -1.70. The van der Waals surface area contributed by atoms with Gasteiger partial charge in [-0.15, -0.1) is 0 Å². The second-order valence-electron chi connectivity index (χ2n) is 4.49. The summed E-state index contributed by atoms with van der Waals surface area (Å²) < 4.78 is 26.3. The smallest absolute Gasteiger partial charge is 0.123 e. The highest BCUT2D eigenvalue weighted by Crippen LogP contribution is 2.24. The maximum absolute atomic E-state index is 13.2. The molecule has 18 heavy (non-hydrogen) atoms. The van der Waals surface area contributed by atoms with E-state index in [0.29, 0.717) is 0 Å². The van der Waals surface area contributed by atoms with Gasteiger partial charge in [0.05, 0.1) is 0 Å². The van der Waals surface area contributed by atoms with Gasteiger partial charge in [0, 0.05) is 0 Å². The van der Waals surface area contributed by atoms with Crippen molar-refractivity contribution in [3.8, 4) is 0 Å². The molecule has 0 saturated carbocycles. The Bertz CT molecular complexity index is 520. The van der Waals surface area contributed by atoms with Gasteiger partial charge in [-0.05, 0) is 54.2 Å². The molecule has 0 saturated heterocycles. The van der Waals surface area contributed by atoms with E-state index in [2.05, 4.69) is 6.92 Å². The normalized spacial score (nSPS) is 12.4. The van der Waals surface area contributed by atoms with E-state index in [9.17, 15) is 8.78 Å². The Morgan fingerprint density at radius 3 is 2.22 bits per heavy atom. The van der Waals surface area contributed by atoms with Crippen LogP contribution in [0.1, 0.15) is 30.4 Å². The van der Waals surface area contributed by atoms with Gasteiger partial charge in [-0.25, -0.2) is 8.78 Å². The van der Waals surface area contributed by atoms with Crippen molar-refractivity contribution in [2.45, 2.75) is 25.7 Å². The van der Waals surface area contributed by atoms with E-state index < -0.39 is 0 Å². The summed E-state index contributed by atoms with van der Waals surface area (Å²) >= 11 is 0. The topological polar surface area (TPSA) is 0 Å². The number of hydrogen-bond acceptors (Lipinski definition) is 0. The van der Waals surface area contributed by atoms with Gasteiger partial charge in [0.2, 0.25) is 0 Å². The Kier molecular flexibility index (Phi) is 4.08. The van der Waals surface area contributed by atoms with Crippen LogP contribution in [-0.2, 0) is 6.42 Å². The maximum atomic E-state index is 13.2. The molecule has 0 fully saturated rings. The molecule has 2 heteroatoms. The summed E-state index contributed by atoms with van der Waals surface area (Å²) in [6.07, 6.45) is 1.64. The fourth-order valence-electron chi connectivity index (χ4n) is 2.21. The first kappa shape index (κ1) is 12.7. The zero-order valence-corrected chi connectivity index (χ0v) is 10.4. The first-order valence-electron chi connectivity index (χ1n) is 6.19. The monoisotopic (exact) mass is 246 g/mol. The quantitative estimate of drug-likeness (QED) is 0.733. The molecule has 0 aliphatic heterocycles. The Morgan fingerprint density at radius 2 is 1.61 bits per heavy atom. The van der Waals surface area contributed by atoms with Gasteiger partial charge in [0.1, 0.15) is 11.6 Å². The van der Waals surface area contributed by atoms with Gasteiger partial charge in [-0.1, -0.05) is 31.2 Å². The average Bonchev–Trinajstić information content (AvgIpc) is 2.36. The third-order valence-corrected chi connectivity index (χ3v) is 3.18. The maximum Gasteiger partial charge on any atom is 0.123 e. The first-order chi connectivity index (χ1) is 8.69. The summed E-state index contributed by atoms with van der Waals surface area (Å²) in [5.41, 5.74) is 1.92. The highest BCUT2D eigenvalue weighted by Gasteiger charge is 2.11. The van der Waals surface area contributed by atoms with E-state index in [-0.39, 0.29) is 17.6 Å². The Labute approximate surface area is 106 Å². The lowest BCUT2D eigenvalue weighted by Crippen LogP contribution is -2.02. The highest BCUT2D eigenvalue weighted by molar-refractivity contribution is 5.25. The van der Waals surface area contributed by atoms with E-state index >= 15 is 0 Å². The molecule has 0 radical (unpaired) electrons. The average molecular weight is 246 g/mol. The van der Waals surface area contributed by atoms with Crippen LogP contribution in [0.5, 0.6) is 0 Å². The summed E-state index contributed by atoms with van der Waals surface area (Å²) in [6, 6.07) is 13.3. The van der Waals surface area contributed by atoms with Crippen molar-refractivity contribution in [3.05, 3.63) is 71.3 Å². The van der Waals surface area contributed by atoms with Crippen molar-refractivity contribution < 1.29 is 8.78 Å². The summed E-state index contributed by atoms with van der Waals surface area (Å²) in [5.74, 6) is -0.214. The molecule has 2 rings (SSSR count). The summed E-state index contributed by atoms with van der Waals surface area (Å²) in [7, 11) is 0. The van der Waals surface area contributed by atoms with Gasteiger partial charge in [0.15, 0.2) is 0 Å². The SMILES string of the molecule is CCC(Cc1cccc(F)c1)c1cccc(F)c1. The second kappa shape index (κ2) is 5.76. The lowest BCUT2D eigenvalue weighted by atomic mass is 9.90. The zero-order chi connectivity index (χ0) is 13.0. The number of rotatable bonds is 4. The molecule has 2 aromatic carbocycles. The molecule has 0 nitrogen and oxygen atoms in total. The molecule has 0 amide bonds. The Morgan fingerprint density at radius 1 is 0.944 bits per heavy atom. The molecular formula is C16H16F2. The third kappa shape index (κ3) is 3.16. The number of hydrogen-bond donors (Lipinski definition) is 0. The fourth-order valence-corrected chi connectivity index (χ4v) is 2.21. The lowest BCUT2D eigenvalue weighted by molar-refractivity contribution is 0.605. The van der Waals surface area contributed by atoms with Crippen molar-refractivity contribution in [1.29, 1.82) is 0 Å². The van der Waals surface area contributed by atoms with Crippen LogP contribution in [0.25, 0.3) is 0 Å². The minimum atomic E-state index is -0.221. The molecular weight excluding hydrogens is 230 g/mol. The molecule has 94 valence electrons. The molecule has 0 aromatic heterocycles. The molecule has 0 spiro atoms. The summed E-state index contributed by atoms with van der Waals surface area (Å²) in [6.45, 7) is 2.06. The van der Waals surface area contributed by atoms with E-state index in [1.54, 1.807) is 24.3 Å². The van der Waals surface area contributed by atoms with E-state index in [1.165, 1.54) is 12.1 Å². The number of benzene rings is 2. The van der Waals surface area contributed by atoms with Crippen LogP contribution in [0.3, 0.4) is 0 Å². The third-order valence-electron chi connectivity index (χ3n) is 3.18. The lowest BCUT2D eigenvalue weighted by Gasteiger charge is -2.15. The van der Waals surface area contributed by atoms with Gasteiger partial charge >= 0.3 is 0 Å². The zero-order valence-electron chi connectivity index (χ0n) is 10.4. The van der Waals surface area contributed by atoms with Gasteiger partial charge in [0.25, 0.3) is 0 Å². The van der Waals surface area contributed by atoms with Crippen LogP contribution < -0.4 is 0 Å². The fraction of sp³-hybridized carbons (Fsp3) is 0.250. The highest BCUT2D eigenvalue weighted by atomic mass is 19.1. The van der Waals surface area contributed by atoms with Gasteiger partial charge in [-0.2, -0.15) is 0 Å². The van der Waals surface area contributed by atoms with Crippen molar-refractivity contribution in [3.63, 3.8) is 0 Å². The van der Waals surface area contributed by atoms with E-state index in [0.717, 1.165) is 24.0 Å². The summed E-state index contributed by atoms with van der Waals surface area (Å²) in [4.78, 5) is 0. The molecule has 0 aliphatic carbocycles. The molecule has 0 bridgehead atoms. The van der Waals surface area contributed by atoms with Crippen LogP contribution in [0.15, 0.2) is 48.5 Å². The van der Waals surface area contributed by atoms with E-state index in [4.69, 9.17) is 0 Å². The first-order valence-corrected chi connectivity index (χ1v) is 6.19. The van der Waals surface area contributed by atoms with Crippen LogP contribution >= 0.6 is 0 Å². The van der Waals surface area contributed by atoms with Crippen LogP contribution in [0, 0.1) is 11.6 Å². The minimum absolute atomic E-state index is 0.217. The standard InChI is InChI=1S/C16H16F2/c1-2-13(14-6-4-8-16(18)11-14)9-12-5-3-7-15(17)10-12/h3-8,10-11,13H,2,9H2,1H3. The predicted molar refractivity (Wildman–Crippen MR) is 69.5 cm³/mol. The molecule has 0 N–H and O–H groups in total. The largest absolute Gasteiger partial charge is 0.207 e. The van der Waals surface area contributed by atoms with Crippen LogP contribution in [0.2, 0.25) is 0 Å². The predicted octanol–water partition coefficient (Wildman–Crippen LogP) is 4.70. The summed E-state index contributed by atoms with van der Waals surface area (Å²) in [5, 5.41) is 0. The molecule has 0 heterocycles. The van der Waals surface area contributed by atoms with Crippen molar-refractivity contribution >= 4 is 0 Å².